The summed E-state index contributed by atoms with van der Waals surface area (Å²) in [6.45, 7) is -0.0147. The third kappa shape index (κ3) is 3.94. The van der Waals surface area contributed by atoms with Crippen molar-refractivity contribution in [1.29, 1.82) is 0 Å². The fourth-order valence-corrected chi connectivity index (χ4v) is 2.77. The minimum atomic E-state index is -4.34. The largest absolute Gasteiger partial charge is 0.416 e. The summed E-state index contributed by atoms with van der Waals surface area (Å²) in [5, 5.41) is 13.5. The number of rotatable bonds is 5. The molecule has 4 nitrogen and oxygen atoms in total. The summed E-state index contributed by atoms with van der Waals surface area (Å²) in [7, 11) is 1.76. The molecular weight excluding hydrogens is 343 g/mol. The van der Waals surface area contributed by atoms with E-state index in [-0.39, 0.29) is 6.61 Å². The monoisotopic (exact) mass is 361 g/mol. The van der Waals surface area contributed by atoms with E-state index in [0.29, 0.717) is 24.5 Å². The maximum absolute atomic E-state index is 12.7. The number of hydrogen-bond acceptors (Lipinski definition) is 3. The van der Waals surface area contributed by atoms with Gasteiger partial charge in [0.2, 0.25) is 0 Å². The van der Waals surface area contributed by atoms with E-state index in [2.05, 4.69) is 10.1 Å². The highest BCUT2D eigenvalue weighted by molar-refractivity contribution is 5.61. The fraction of sp³-hybridized carbons (Fsp3) is 0.263. The summed E-state index contributed by atoms with van der Waals surface area (Å²) in [6.07, 6.45) is -3.45. The normalized spacial score (nSPS) is 11.7. The summed E-state index contributed by atoms with van der Waals surface area (Å²) >= 11 is 0. The number of alkyl halides is 3. The van der Waals surface area contributed by atoms with Crippen LogP contribution in [0.15, 0.2) is 48.5 Å². The second-order valence-corrected chi connectivity index (χ2v) is 5.98. The summed E-state index contributed by atoms with van der Waals surface area (Å²) < 4.78 is 39.7. The van der Waals surface area contributed by atoms with E-state index in [0.717, 1.165) is 28.8 Å². The van der Waals surface area contributed by atoms with Crippen molar-refractivity contribution >= 4 is 0 Å². The average Bonchev–Trinajstić information content (AvgIpc) is 2.96. The van der Waals surface area contributed by atoms with Gasteiger partial charge in [-0.2, -0.15) is 18.3 Å². The van der Waals surface area contributed by atoms with Gasteiger partial charge in [-0.25, -0.2) is 4.98 Å². The second-order valence-electron chi connectivity index (χ2n) is 5.98. The van der Waals surface area contributed by atoms with Crippen LogP contribution in [0.1, 0.15) is 22.5 Å². The third-order valence-corrected chi connectivity index (χ3v) is 4.12. The second kappa shape index (κ2) is 7.29. The van der Waals surface area contributed by atoms with Crippen LogP contribution in [0.25, 0.3) is 11.4 Å². The molecule has 3 rings (SSSR count). The molecule has 1 N–H and O–H groups in total. The molecule has 0 spiro atoms. The molecule has 1 heterocycles. The molecule has 2 aromatic carbocycles. The van der Waals surface area contributed by atoms with Crippen LogP contribution >= 0.6 is 0 Å². The molecule has 0 aliphatic heterocycles. The van der Waals surface area contributed by atoms with Crippen LogP contribution in [0.3, 0.4) is 0 Å². The van der Waals surface area contributed by atoms with Gasteiger partial charge in [0, 0.05) is 19.0 Å². The van der Waals surface area contributed by atoms with Crippen LogP contribution in [0.2, 0.25) is 0 Å². The summed E-state index contributed by atoms with van der Waals surface area (Å²) in [5.41, 5.74) is 1.87. The molecule has 0 aliphatic rings. The molecule has 0 amide bonds. The molecule has 0 bridgehead atoms. The van der Waals surface area contributed by atoms with Crippen LogP contribution in [0.4, 0.5) is 13.2 Å². The van der Waals surface area contributed by atoms with Crippen LogP contribution < -0.4 is 0 Å². The highest BCUT2D eigenvalue weighted by atomic mass is 19.4. The van der Waals surface area contributed by atoms with Gasteiger partial charge in [-0.15, -0.1) is 0 Å². The van der Waals surface area contributed by atoms with Gasteiger partial charge >= 0.3 is 6.18 Å². The molecule has 0 saturated carbocycles. The Morgan fingerprint density at radius 1 is 1.04 bits per heavy atom. The molecule has 3 aromatic rings. The van der Waals surface area contributed by atoms with Crippen LogP contribution in [0.5, 0.6) is 0 Å². The van der Waals surface area contributed by atoms with E-state index in [1.54, 1.807) is 11.7 Å². The molecule has 0 unspecified atom stereocenters. The Morgan fingerprint density at radius 3 is 2.38 bits per heavy atom. The lowest BCUT2D eigenvalue weighted by atomic mass is 9.98. The lowest BCUT2D eigenvalue weighted by Crippen LogP contribution is -2.04. The molecule has 26 heavy (non-hydrogen) atoms. The molecule has 0 saturated heterocycles. The van der Waals surface area contributed by atoms with Gasteiger partial charge < -0.3 is 5.11 Å². The van der Waals surface area contributed by atoms with Gasteiger partial charge in [0.05, 0.1) is 12.2 Å². The number of benzene rings is 2. The minimum absolute atomic E-state index is 0.0147. The van der Waals surface area contributed by atoms with Crippen LogP contribution in [-0.4, -0.2) is 26.5 Å². The first-order valence-corrected chi connectivity index (χ1v) is 8.13. The number of aliphatic hydroxyl groups is 1. The zero-order chi connectivity index (χ0) is 18.7. The van der Waals surface area contributed by atoms with Crippen molar-refractivity contribution in [1.82, 2.24) is 14.8 Å². The Morgan fingerprint density at radius 2 is 1.73 bits per heavy atom. The maximum atomic E-state index is 12.7. The van der Waals surface area contributed by atoms with Gasteiger partial charge in [0.1, 0.15) is 5.82 Å². The van der Waals surface area contributed by atoms with Crippen molar-refractivity contribution < 1.29 is 18.3 Å². The molecule has 1 aromatic heterocycles. The standard InChI is InChI=1S/C19H18F3N3O/c1-25-17(10-11-26)23-18(24-25)16-5-3-2-4-14(16)12-13-6-8-15(9-7-13)19(20,21)22/h2-9,26H,10-12H2,1H3. The van der Waals surface area contributed by atoms with Crippen molar-refractivity contribution in [3.8, 4) is 11.4 Å². The fourth-order valence-electron chi connectivity index (χ4n) is 2.77. The number of halogens is 3. The van der Waals surface area contributed by atoms with Crippen molar-refractivity contribution in [3.63, 3.8) is 0 Å². The maximum Gasteiger partial charge on any atom is 0.416 e. The van der Waals surface area contributed by atoms with Crippen molar-refractivity contribution in [2.45, 2.75) is 19.0 Å². The van der Waals surface area contributed by atoms with Gasteiger partial charge in [-0.1, -0.05) is 36.4 Å². The molecule has 136 valence electrons. The number of aryl methyl sites for hydroxylation is 1. The first kappa shape index (κ1) is 18.1. The van der Waals surface area contributed by atoms with E-state index in [9.17, 15) is 13.2 Å². The number of nitrogens with zero attached hydrogens (tertiary/aromatic N) is 3. The van der Waals surface area contributed by atoms with E-state index in [1.165, 1.54) is 12.1 Å². The van der Waals surface area contributed by atoms with Crippen LogP contribution in [0, 0.1) is 0 Å². The Bertz CT molecular complexity index is 886. The lowest BCUT2D eigenvalue weighted by Gasteiger charge is -2.09. The van der Waals surface area contributed by atoms with Crippen molar-refractivity contribution in [2.75, 3.05) is 6.61 Å². The summed E-state index contributed by atoms with van der Waals surface area (Å²) in [6, 6.07) is 12.7. The van der Waals surface area contributed by atoms with Crippen LogP contribution in [-0.2, 0) is 26.1 Å². The number of aromatic nitrogens is 3. The van der Waals surface area contributed by atoms with Gasteiger partial charge in [-0.3, -0.25) is 4.68 Å². The van der Waals surface area contributed by atoms with E-state index < -0.39 is 11.7 Å². The number of aliphatic hydroxyl groups excluding tert-OH is 1. The number of hydrogen-bond donors (Lipinski definition) is 1. The van der Waals surface area contributed by atoms with Crippen molar-refractivity contribution in [2.24, 2.45) is 7.05 Å². The first-order valence-electron chi connectivity index (χ1n) is 8.13. The van der Waals surface area contributed by atoms with Crippen molar-refractivity contribution in [3.05, 3.63) is 71.0 Å². The third-order valence-electron chi connectivity index (χ3n) is 4.12. The van der Waals surface area contributed by atoms with E-state index >= 15 is 0 Å². The molecule has 0 atom stereocenters. The zero-order valence-electron chi connectivity index (χ0n) is 14.2. The highest BCUT2D eigenvalue weighted by Crippen LogP contribution is 2.30. The Balaban J connectivity index is 1.89. The van der Waals surface area contributed by atoms with E-state index in [4.69, 9.17) is 5.11 Å². The van der Waals surface area contributed by atoms with E-state index in [1.807, 2.05) is 24.3 Å². The smallest absolute Gasteiger partial charge is 0.396 e. The molecule has 0 fully saturated rings. The Hall–Kier alpha value is -2.67. The molecular formula is C19H18F3N3O. The zero-order valence-corrected chi connectivity index (χ0v) is 14.2. The highest BCUT2D eigenvalue weighted by Gasteiger charge is 2.29. The molecule has 0 radical (unpaired) electrons. The minimum Gasteiger partial charge on any atom is -0.396 e. The predicted octanol–water partition coefficient (Wildman–Crippen LogP) is 3.63. The predicted molar refractivity (Wildman–Crippen MR) is 91.5 cm³/mol. The SMILES string of the molecule is Cn1nc(-c2ccccc2Cc2ccc(C(F)(F)F)cc2)nc1CCO. The first-order chi connectivity index (χ1) is 12.4. The summed E-state index contributed by atoms with van der Waals surface area (Å²) in [4.78, 5) is 4.46. The quantitative estimate of drug-likeness (QED) is 0.755. The van der Waals surface area contributed by atoms with Gasteiger partial charge in [0.25, 0.3) is 0 Å². The topological polar surface area (TPSA) is 50.9 Å². The average molecular weight is 361 g/mol. The molecule has 0 aliphatic carbocycles. The van der Waals surface area contributed by atoms with Gasteiger partial charge in [0.15, 0.2) is 5.82 Å². The lowest BCUT2D eigenvalue weighted by molar-refractivity contribution is -0.137. The Kier molecular flexibility index (Phi) is 5.08. The Labute approximate surface area is 148 Å². The summed E-state index contributed by atoms with van der Waals surface area (Å²) in [5.74, 6) is 1.21. The molecule has 7 heteroatoms. The van der Waals surface area contributed by atoms with Gasteiger partial charge in [-0.05, 0) is 29.7 Å².